The predicted octanol–water partition coefficient (Wildman–Crippen LogP) is 1.23. The van der Waals surface area contributed by atoms with Crippen molar-refractivity contribution in [2.45, 2.75) is 6.42 Å². The van der Waals surface area contributed by atoms with Crippen LogP contribution in [0.15, 0.2) is 18.3 Å². The second-order valence-electron chi connectivity index (χ2n) is 4.74. The number of anilines is 1. The third-order valence-electron chi connectivity index (χ3n) is 3.17. The highest BCUT2D eigenvalue weighted by Gasteiger charge is 2.27. The molecule has 0 amide bonds. The van der Waals surface area contributed by atoms with Crippen molar-refractivity contribution in [3.05, 3.63) is 23.4 Å². The van der Waals surface area contributed by atoms with E-state index in [0.717, 1.165) is 0 Å². The van der Waals surface area contributed by atoms with Gasteiger partial charge in [0.1, 0.15) is 0 Å². The maximum Gasteiger partial charge on any atom is 0.243 e. The lowest BCUT2D eigenvalue weighted by Gasteiger charge is -2.06. The van der Waals surface area contributed by atoms with Crippen LogP contribution in [0.3, 0.4) is 0 Å². The van der Waals surface area contributed by atoms with E-state index in [-0.39, 0.29) is 17.4 Å². The second kappa shape index (κ2) is 4.64. The van der Waals surface area contributed by atoms with Crippen LogP contribution in [-0.4, -0.2) is 41.1 Å². The van der Waals surface area contributed by atoms with Gasteiger partial charge in [-0.2, -0.15) is 4.98 Å². The maximum absolute atomic E-state index is 11.4. The van der Waals surface area contributed by atoms with Gasteiger partial charge in [-0.25, -0.2) is 12.9 Å². The fraction of sp³-hybridized carbons (Fsp3) is 0.455. The number of nitrogens with one attached hydrogen (secondary N) is 1. The lowest BCUT2D eigenvalue weighted by atomic mass is 10.1. The summed E-state index contributed by atoms with van der Waals surface area (Å²) in [7, 11) is -2.83. The van der Waals surface area contributed by atoms with Crippen LogP contribution in [0.25, 0.3) is 5.65 Å². The van der Waals surface area contributed by atoms with Gasteiger partial charge in [0.15, 0.2) is 15.5 Å². The summed E-state index contributed by atoms with van der Waals surface area (Å²) in [6, 6.07) is 3.53. The average molecular weight is 301 g/mol. The molecule has 1 N–H and O–H groups in total. The molecule has 2 aromatic rings. The first kappa shape index (κ1) is 12.7. The van der Waals surface area contributed by atoms with Crippen molar-refractivity contribution in [1.82, 2.24) is 14.6 Å². The van der Waals surface area contributed by atoms with E-state index in [4.69, 9.17) is 11.6 Å². The Bertz CT molecular complexity index is 713. The Morgan fingerprint density at radius 2 is 2.32 bits per heavy atom. The Balaban J connectivity index is 1.69. The quantitative estimate of drug-likeness (QED) is 0.922. The summed E-state index contributed by atoms with van der Waals surface area (Å²) in [6.07, 6.45) is 2.38. The van der Waals surface area contributed by atoms with Crippen LogP contribution >= 0.6 is 11.6 Å². The van der Waals surface area contributed by atoms with Crippen LogP contribution in [0.1, 0.15) is 6.42 Å². The van der Waals surface area contributed by atoms with Crippen molar-refractivity contribution < 1.29 is 8.42 Å². The third kappa shape index (κ3) is 2.82. The minimum atomic E-state index is -2.83. The highest BCUT2D eigenvalue weighted by Crippen LogP contribution is 2.19. The van der Waals surface area contributed by atoms with Crippen LogP contribution in [0, 0.1) is 5.92 Å². The minimum Gasteiger partial charge on any atom is -0.353 e. The Morgan fingerprint density at radius 3 is 3.05 bits per heavy atom. The molecule has 3 heterocycles. The zero-order chi connectivity index (χ0) is 13.5. The van der Waals surface area contributed by atoms with Gasteiger partial charge in [0.05, 0.1) is 16.5 Å². The van der Waals surface area contributed by atoms with Gasteiger partial charge in [-0.3, -0.25) is 0 Å². The molecule has 1 unspecified atom stereocenters. The summed E-state index contributed by atoms with van der Waals surface area (Å²) in [5, 5.41) is 7.90. The zero-order valence-electron chi connectivity index (χ0n) is 10.1. The van der Waals surface area contributed by atoms with E-state index in [1.165, 1.54) is 0 Å². The van der Waals surface area contributed by atoms with E-state index in [9.17, 15) is 8.42 Å². The van der Waals surface area contributed by atoms with Gasteiger partial charge in [-0.05, 0) is 24.5 Å². The van der Waals surface area contributed by atoms with Gasteiger partial charge in [-0.15, -0.1) is 5.10 Å². The number of hydrogen-bond donors (Lipinski definition) is 1. The Hall–Kier alpha value is -1.34. The first-order valence-corrected chi connectivity index (χ1v) is 8.18. The molecule has 0 saturated carbocycles. The summed E-state index contributed by atoms with van der Waals surface area (Å²) in [4.78, 5) is 4.28. The van der Waals surface area contributed by atoms with Gasteiger partial charge < -0.3 is 5.32 Å². The van der Waals surface area contributed by atoms with Crippen LogP contribution in [-0.2, 0) is 9.84 Å². The van der Waals surface area contributed by atoms with Crippen LogP contribution in [0.4, 0.5) is 5.95 Å². The number of rotatable bonds is 3. The van der Waals surface area contributed by atoms with Crippen LogP contribution in [0.2, 0.25) is 5.02 Å². The number of aromatic nitrogens is 3. The highest BCUT2D eigenvalue weighted by atomic mass is 35.5. The van der Waals surface area contributed by atoms with Crippen molar-refractivity contribution in [2.75, 3.05) is 23.4 Å². The molecule has 1 fully saturated rings. The molecule has 1 aliphatic heterocycles. The largest absolute Gasteiger partial charge is 0.353 e. The summed E-state index contributed by atoms with van der Waals surface area (Å²) in [5.74, 6) is 1.17. The summed E-state index contributed by atoms with van der Waals surface area (Å²) >= 11 is 5.86. The van der Waals surface area contributed by atoms with Gasteiger partial charge in [-0.1, -0.05) is 11.6 Å². The normalized spacial score (nSPS) is 21.8. The van der Waals surface area contributed by atoms with E-state index >= 15 is 0 Å². The van der Waals surface area contributed by atoms with Gasteiger partial charge in [0.25, 0.3) is 0 Å². The Kier molecular flexibility index (Phi) is 3.10. The van der Waals surface area contributed by atoms with Crippen molar-refractivity contribution in [1.29, 1.82) is 0 Å². The fourth-order valence-corrected chi connectivity index (χ4v) is 4.22. The van der Waals surface area contributed by atoms with Gasteiger partial charge >= 0.3 is 0 Å². The molecule has 19 heavy (non-hydrogen) atoms. The van der Waals surface area contributed by atoms with E-state index in [1.54, 1.807) is 22.8 Å². The molecule has 3 rings (SSSR count). The van der Waals surface area contributed by atoms with E-state index < -0.39 is 9.84 Å². The monoisotopic (exact) mass is 300 g/mol. The van der Waals surface area contributed by atoms with E-state index in [1.807, 2.05) is 0 Å². The second-order valence-corrected chi connectivity index (χ2v) is 7.40. The molecule has 0 bridgehead atoms. The molecule has 2 aromatic heterocycles. The van der Waals surface area contributed by atoms with Crippen LogP contribution in [0.5, 0.6) is 0 Å². The number of hydrogen-bond acceptors (Lipinski definition) is 5. The Morgan fingerprint density at radius 1 is 1.47 bits per heavy atom. The number of sulfone groups is 1. The molecule has 1 atom stereocenters. The molecule has 0 spiro atoms. The maximum atomic E-state index is 11.4. The molecule has 0 aromatic carbocycles. The molecule has 102 valence electrons. The van der Waals surface area contributed by atoms with Crippen LogP contribution < -0.4 is 5.32 Å². The van der Waals surface area contributed by atoms with Crippen molar-refractivity contribution >= 4 is 33.0 Å². The lowest BCUT2D eigenvalue weighted by molar-refractivity contribution is 0.595. The smallest absolute Gasteiger partial charge is 0.243 e. The molecule has 6 nitrogen and oxygen atoms in total. The average Bonchev–Trinajstić information content (AvgIpc) is 2.89. The molecular formula is C11H13ClN4O2S. The molecule has 1 aliphatic rings. The number of nitrogens with zero attached hydrogens (tertiary/aromatic N) is 3. The highest BCUT2D eigenvalue weighted by molar-refractivity contribution is 7.91. The fourth-order valence-electron chi connectivity index (χ4n) is 2.20. The first-order chi connectivity index (χ1) is 9.02. The van der Waals surface area contributed by atoms with Gasteiger partial charge in [0.2, 0.25) is 5.95 Å². The SMILES string of the molecule is O=S1(=O)CCC(CNc2nc3ccc(Cl)cn3n2)C1. The van der Waals surface area contributed by atoms with Gasteiger partial charge in [0, 0.05) is 12.7 Å². The first-order valence-electron chi connectivity index (χ1n) is 5.98. The molecule has 1 saturated heterocycles. The van der Waals surface area contributed by atoms with Crippen molar-refractivity contribution in [3.63, 3.8) is 0 Å². The molecular weight excluding hydrogens is 288 g/mol. The van der Waals surface area contributed by atoms with E-state index in [2.05, 4.69) is 15.4 Å². The van der Waals surface area contributed by atoms with E-state index in [0.29, 0.717) is 29.6 Å². The number of halogens is 1. The molecule has 0 radical (unpaired) electrons. The lowest BCUT2D eigenvalue weighted by Crippen LogP contribution is -2.16. The molecule has 0 aliphatic carbocycles. The van der Waals surface area contributed by atoms with Crippen molar-refractivity contribution in [3.8, 4) is 0 Å². The van der Waals surface area contributed by atoms with Crippen molar-refractivity contribution in [2.24, 2.45) is 5.92 Å². The third-order valence-corrected chi connectivity index (χ3v) is 5.23. The summed E-state index contributed by atoms with van der Waals surface area (Å²) in [6.45, 7) is 0.573. The standard InChI is InChI=1S/C11H13ClN4O2S/c12-9-1-2-10-14-11(15-16(10)6-9)13-5-8-3-4-19(17,18)7-8/h1-2,6,8H,3-5,7H2,(H,13,15). The Labute approximate surface area is 115 Å². The summed E-state index contributed by atoms with van der Waals surface area (Å²) in [5.41, 5.74) is 0.700. The topological polar surface area (TPSA) is 76.4 Å². The predicted molar refractivity (Wildman–Crippen MR) is 73.2 cm³/mol. The molecule has 8 heteroatoms. The zero-order valence-corrected chi connectivity index (χ0v) is 11.7. The number of fused-ring (bicyclic) bond motifs is 1. The minimum absolute atomic E-state index is 0.139. The summed E-state index contributed by atoms with van der Waals surface area (Å²) < 4.78 is 24.3. The number of pyridine rings is 1.